The van der Waals surface area contributed by atoms with Crippen molar-refractivity contribution in [3.63, 3.8) is 0 Å². The van der Waals surface area contributed by atoms with Crippen molar-refractivity contribution in [1.29, 1.82) is 0 Å². The number of hydrogen-bond donors (Lipinski definition) is 3. The van der Waals surface area contributed by atoms with Crippen molar-refractivity contribution in [3.05, 3.63) is 83.8 Å². The highest BCUT2D eigenvalue weighted by Gasteiger charge is 2.35. The van der Waals surface area contributed by atoms with Crippen LogP contribution in [0.1, 0.15) is 69.2 Å². The first-order valence-electron chi connectivity index (χ1n) is 15.0. The fourth-order valence-corrected chi connectivity index (χ4v) is 5.29. The van der Waals surface area contributed by atoms with Gasteiger partial charge in [-0.05, 0) is 55.9 Å². The van der Waals surface area contributed by atoms with Crippen LogP contribution in [0.25, 0.3) is 0 Å². The van der Waals surface area contributed by atoms with E-state index < -0.39 is 41.2 Å². The maximum Gasteiger partial charge on any atom is 0.416 e. The first-order valence-corrected chi connectivity index (χ1v) is 15.0. The van der Waals surface area contributed by atoms with Crippen LogP contribution < -0.4 is 16.4 Å². The third-order valence-corrected chi connectivity index (χ3v) is 7.97. The van der Waals surface area contributed by atoms with E-state index in [0.29, 0.717) is 18.8 Å². The number of nitrogens with two attached hydrogens (primary N) is 1. The number of rotatable bonds is 12. The molecule has 1 unspecified atom stereocenters. The van der Waals surface area contributed by atoms with Gasteiger partial charge in [-0.15, -0.1) is 0 Å². The van der Waals surface area contributed by atoms with Gasteiger partial charge in [0, 0.05) is 12.1 Å². The molecule has 45 heavy (non-hydrogen) atoms. The lowest BCUT2D eigenvalue weighted by atomic mass is 9.78. The van der Waals surface area contributed by atoms with E-state index in [1.54, 1.807) is 0 Å². The lowest BCUT2D eigenvalue weighted by molar-refractivity contribution is -0.138. The van der Waals surface area contributed by atoms with E-state index in [1.807, 2.05) is 30.3 Å². The second-order valence-electron chi connectivity index (χ2n) is 12.3. The SMILES string of the molecule is CC1CCC(C(=O)C(c2cccc(C(F)(F)F)c2)n2cnc(NC(=O)[C@@H](COCc3ccccc3)NC(=O)C(C)(C)N)c2)CC1. The van der Waals surface area contributed by atoms with Crippen molar-refractivity contribution in [2.45, 2.75) is 76.9 Å². The smallest absolute Gasteiger partial charge is 0.374 e. The molecular weight excluding hydrogens is 587 g/mol. The minimum Gasteiger partial charge on any atom is -0.374 e. The van der Waals surface area contributed by atoms with Crippen molar-refractivity contribution >= 4 is 23.4 Å². The Balaban J connectivity index is 1.56. The Morgan fingerprint density at radius 1 is 1.04 bits per heavy atom. The molecule has 4 rings (SSSR count). The van der Waals surface area contributed by atoms with Gasteiger partial charge < -0.3 is 25.7 Å². The molecule has 12 heteroatoms. The molecule has 2 amide bonds. The summed E-state index contributed by atoms with van der Waals surface area (Å²) in [5.41, 5.74) is 4.84. The molecule has 0 spiro atoms. The molecule has 1 saturated carbocycles. The zero-order valence-electron chi connectivity index (χ0n) is 25.6. The van der Waals surface area contributed by atoms with Crippen molar-refractivity contribution in [2.24, 2.45) is 17.6 Å². The Kier molecular flexibility index (Phi) is 10.8. The molecule has 1 fully saturated rings. The largest absolute Gasteiger partial charge is 0.416 e. The lowest BCUT2D eigenvalue weighted by Gasteiger charge is -2.29. The molecule has 1 heterocycles. The zero-order valence-corrected chi connectivity index (χ0v) is 25.6. The maximum atomic E-state index is 13.9. The van der Waals surface area contributed by atoms with Crippen molar-refractivity contribution < 1.29 is 32.3 Å². The van der Waals surface area contributed by atoms with Crippen LogP contribution >= 0.6 is 0 Å². The molecule has 0 saturated heterocycles. The fraction of sp³-hybridized carbons (Fsp3) is 0.455. The molecule has 0 bridgehead atoms. The highest BCUT2D eigenvalue weighted by atomic mass is 19.4. The number of hydrogen-bond acceptors (Lipinski definition) is 6. The zero-order chi connectivity index (χ0) is 32.8. The average Bonchev–Trinajstić information content (AvgIpc) is 3.44. The molecule has 3 aromatic rings. The molecule has 0 radical (unpaired) electrons. The second-order valence-corrected chi connectivity index (χ2v) is 12.3. The van der Waals surface area contributed by atoms with Crippen LogP contribution in [0.4, 0.5) is 19.0 Å². The van der Waals surface area contributed by atoms with E-state index in [4.69, 9.17) is 10.5 Å². The summed E-state index contributed by atoms with van der Waals surface area (Å²) >= 11 is 0. The number of nitrogens with zero attached hydrogens (tertiary/aromatic N) is 2. The Morgan fingerprint density at radius 2 is 1.73 bits per heavy atom. The first kappa shape index (κ1) is 33.9. The highest BCUT2D eigenvalue weighted by molar-refractivity contribution is 5.98. The molecule has 0 aliphatic heterocycles. The number of carbonyl (C=O) groups excluding carboxylic acids is 3. The Hall–Kier alpha value is -4.03. The normalized spacial score (nSPS) is 18.6. The van der Waals surface area contributed by atoms with Crippen molar-refractivity contribution in [1.82, 2.24) is 14.9 Å². The summed E-state index contributed by atoms with van der Waals surface area (Å²) in [5.74, 6) is -1.21. The summed E-state index contributed by atoms with van der Waals surface area (Å²) in [6.07, 6.45) is 1.14. The number of anilines is 1. The van der Waals surface area contributed by atoms with Gasteiger partial charge in [-0.1, -0.05) is 62.2 Å². The van der Waals surface area contributed by atoms with Crippen LogP contribution in [0, 0.1) is 11.8 Å². The molecule has 242 valence electrons. The first-order chi connectivity index (χ1) is 21.2. The van der Waals surface area contributed by atoms with Gasteiger partial charge in [0.25, 0.3) is 5.91 Å². The molecule has 1 aliphatic carbocycles. The molecule has 1 aromatic heterocycles. The number of imidazole rings is 1. The number of alkyl halides is 3. The molecule has 4 N–H and O–H groups in total. The predicted octanol–water partition coefficient (Wildman–Crippen LogP) is 5.26. The number of nitrogens with one attached hydrogen (secondary N) is 2. The summed E-state index contributed by atoms with van der Waals surface area (Å²) < 4.78 is 48.0. The minimum atomic E-state index is -4.59. The average molecular weight is 628 g/mol. The van der Waals surface area contributed by atoms with Gasteiger partial charge in [-0.2, -0.15) is 13.2 Å². The molecule has 2 aromatic carbocycles. The molecular formula is C33H40F3N5O4. The van der Waals surface area contributed by atoms with Crippen LogP contribution in [-0.2, 0) is 31.9 Å². The van der Waals surface area contributed by atoms with Crippen molar-refractivity contribution in [2.75, 3.05) is 11.9 Å². The number of ether oxygens (including phenoxy) is 1. The van der Waals surface area contributed by atoms with Crippen LogP contribution in [0.2, 0.25) is 0 Å². The van der Waals surface area contributed by atoms with Crippen LogP contribution in [-0.4, -0.2) is 45.3 Å². The molecule has 1 aliphatic rings. The number of amides is 2. The van der Waals surface area contributed by atoms with E-state index in [9.17, 15) is 27.6 Å². The summed E-state index contributed by atoms with van der Waals surface area (Å²) in [6, 6.07) is 11.8. The number of carbonyl (C=O) groups is 3. The van der Waals surface area contributed by atoms with Gasteiger partial charge in [0.2, 0.25) is 5.91 Å². The summed E-state index contributed by atoms with van der Waals surface area (Å²) in [7, 11) is 0. The molecule has 2 atom stereocenters. The van der Waals surface area contributed by atoms with E-state index in [2.05, 4.69) is 22.5 Å². The van der Waals surface area contributed by atoms with E-state index in [1.165, 1.54) is 43.1 Å². The van der Waals surface area contributed by atoms with Gasteiger partial charge in [0.1, 0.15) is 12.1 Å². The number of Topliss-reactive ketones (excluding diaryl/α,β-unsaturated/α-hetero) is 1. The maximum absolute atomic E-state index is 13.9. The van der Waals surface area contributed by atoms with Crippen molar-refractivity contribution in [3.8, 4) is 0 Å². The van der Waals surface area contributed by atoms with E-state index in [-0.39, 0.29) is 36.3 Å². The van der Waals surface area contributed by atoms with E-state index >= 15 is 0 Å². The van der Waals surface area contributed by atoms with E-state index in [0.717, 1.165) is 30.5 Å². The van der Waals surface area contributed by atoms with Gasteiger partial charge in [-0.3, -0.25) is 14.4 Å². The summed E-state index contributed by atoms with van der Waals surface area (Å²) in [6.45, 7) is 5.15. The third kappa shape index (κ3) is 9.24. The fourth-order valence-electron chi connectivity index (χ4n) is 5.29. The minimum absolute atomic E-state index is 0.0522. The third-order valence-electron chi connectivity index (χ3n) is 7.97. The van der Waals surface area contributed by atoms with Gasteiger partial charge in [-0.25, -0.2) is 4.98 Å². The number of halogens is 3. The Morgan fingerprint density at radius 3 is 2.38 bits per heavy atom. The summed E-state index contributed by atoms with van der Waals surface area (Å²) in [5, 5.41) is 5.24. The number of benzene rings is 2. The Bertz CT molecular complexity index is 1460. The van der Waals surface area contributed by atoms with Gasteiger partial charge >= 0.3 is 6.18 Å². The quantitative estimate of drug-likeness (QED) is 0.251. The van der Waals surface area contributed by atoms with Crippen LogP contribution in [0.3, 0.4) is 0 Å². The molecule has 9 nitrogen and oxygen atoms in total. The summed E-state index contributed by atoms with van der Waals surface area (Å²) in [4.78, 5) is 44.1. The van der Waals surface area contributed by atoms with Crippen LogP contribution in [0.5, 0.6) is 0 Å². The monoisotopic (exact) mass is 627 g/mol. The topological polar surface area (TPSA) is 128 Å². The Labute approximate surface area is 260 Å². The second kappa shape index (κ2) is 14.4. The predicted molar refractivity (Wildman–Crippen MR) is 163 cm³/mol. The highest BCUT2D eigenvalue weighted by Crippen LogP contribution is 2.36. The van der Waals surface area contributed by atoms with Crippen LogP contribution in [0.15, 0.2) is 67.1 Å². The lowest BCUT2D eigenvalue weighted by Crippen LogP contribution is -2.56. The number of aromatic nitrogens is 2. The number of ketones is 1. The standard InChI is InChI=1S/C33H40F3N5O4/c1-21-12-14-23(15-13-21)29(42)28(24-10-7-11-25(16-24)33(34,35)36)41-17-27(38-20-41)40-30(43)26(39-31(44)32(2,3)37)19-45-18-22-8-5-4-6-9-22/h4-11,16-17,20-21,23,26,28H,12-15,18-19,37H2,1-3H3,(H,39,44)(H,40,43)/t21?,23?,26-,28?/m1/s1. The van der Waals surface area contributed by atoms with Gasteiger partial charge in [0.05, 0.1) is 30.6 Å². The van der Waals surface area contributed by atoms with Gasteiger partial charge in [0.15, 0.2) is 11.6 Å².